The number of rotatable bonds is 0. The first-order valence-corrected chi connectivity index (χ1v) is 3.56. The minimum absolute atomic E-state index is 0.118. The highest BCUT2D eigenvalue weighted by atomic mass is 16.7. The molecule has 3 nitrogen and oxygen atoms in total. The number of carbonyl (C=O) groups is 1. The number of esters is 1. The fourth-order valence-electron chi connectivity index (χ4n) is 1.65. The Kier molecular flexibility index (Phi) is 1.06. The molecule has 0 aliphatic carbocycles. The Balaban J connectivity index is 2.22. The van der Waals surface area contributed by atoms with Gasteiger partial charge in [-0.2, -0.15) is 0 Å². The van der Waals surface area contributed by atoms with Crippen LogP contribution in [-0.2, 0) is 14.3 Å². The lowest BCUT2D eigenvalue weighted by atomic mass is 9.99. The Bertz CT molecular complexity index is 178. The quantitative estimate of drug-likeness (QED) is 0.467. The van der Waals surface area contributed by atoms with Gasteiger partial charge in [0, 0.05) is 12.8 Å². The topological polar surface area (TPSA) is 35.5 Å². The standard InChI is InChI=1S/C7H10O3/c1-7-5(2-3-9-7)4-6(8)10-7/h5H,2-4H2,1H3/t5-,7-/m0/s1. The van der Waals surface area contributed by atoms with Crippen molar-refractivity contribution < 1.29 is 14.3 Å². The van der Waals surface area contributed by atoms with Crippen molar-refractivity contribution in [2.75, 3.05) is 6.61 Å². The van der Waals surface area contributed by atoms with E-state index in [1.165, 1.54) is 0 Å². The van der Waals surface area contributed by atoms with Gasteiger partial charge in [-0.05, 0) is 6.42 Å². The molecule has 2 aliphatic rings. The summed E-state index contributed by atoms with van der Waals surface area (Å²) in [6, 6.07) is 0. The summed E-state index contributed by atoms with van der Waals surface area (Å²) in [5.41, 5.74) is 0. The van der Waals surface area contributed by atoms with Gasteiger partial charge < -0.3 is 9.47 Å². The molecular formula is C7H10O3. The number of hydrogen-bond acceptors (Lipinski definition) is 3. The van der Waals surface area contributed by atoms with Crippen molar-refractivity contribution in [1.82, 2.24) is 0 Å². The van der Waals surface area contributed by atoms with Crippen LogP contribution in [0.25, 0.3) is 0 Å². The van der Waals surface area contributed by atoms with E-state index in [1.807, 2.05) is 6.92 Å². The van der Waals surface area contributed by atoms with E-state index in [0.29, 0.717) is 12.3 Å². The van der Waals surface area contributed by atoms with E-state index in [2.05, 4.69) is 0 Å². The van der Waals surface area contributed by atoms with E-state index in [4.69, 9.17) is 9.47 Å². The minimum atomic E-state index is -0.572. The van der Waals surface area contributed by atoms with Crippen LogP contribution in [0.1, 0.15) is 19.8 Å². The van der Waals surface area contributed by atoms with Gasteiger partial charge in [0.2, 0.25) is 5.79 Å². The molecule has 0 radical (unpaired) electrons. The molecule has 10 heavy (non-hydrogen) atoms. The van der Waals surface area contributed by atoms with Gasteiger partial charge >= 0.3 is 5.97 Å². The maximum atomic E-state index is 10.8. The SMILES string of the molecule is C[C@@]12OCC[C@H]1CC(=O)O2. The van der Waals surface area contributed by atoms with Crippen molar-refractivity contribution in [1.29, 1.82) is 0 Å². The van der Waals surface area contributed by atoms with E-state index in [0.717, 1.165) is 13.0 Å². The van der Waals surface area contributed by atoms with Crippen LogP contribution >= 0.6 is 0 Å². The molecule has 2 atom stereocenters. The summed E-state index contributed by atoms with van der Waals surface area (Å²) in [6.45, 7) is 2.57. The van der Waals surface area contributed by atoms with Gasteiger partial charge in [0.05, 0.1) is 13.0 Å². The lowest BCUT2D eigenvalue weighted by molar-refractivity contribution is -0.193. The summed E-state index contributed by atoms with van der Waals surface area (Å²) in [4.78, 5) is 10.8. The summed E-state index contributed by atoms with van der Waals surface area (Å²) < 4.78 is 10.3. The van der Waals surface area contributed by atoms with Crippen LogP contribution in [-0.4, -0.2) is 18.4 Å². The normalized spacial score (nSPS) is 45.3. The van der Waals surface area contributed by atoms with Gasteiger partial charge in [0.25, 0.3) is 0 Å². The smallest absolute Gasteiger partial charge is 0.308 e. The first-order valence-electron chi connectivity index (χ1n) is 3.56. The van der Waals surface area contributed by atoms with E-state index < -0.39 is 5.79 Å². The largest absolute Gasteiger partial charge is 0.433 e. The van der Waals surface area contributed by atoms with Crippen LogP contribution in [0, 0.1) is 5.92 Å². The summed E-state index contributed by atoms with van der Waals surface area (Å²) >= 11 is 0. The molecule has 0 bridgehead atoms. The molecule has 0 N–H and O–H groups in total. The molecule has 2 aliphatic heterocycles. The fraction of sp³-hybridized carbons (Fsp3) is 0.857. The molecular weight excluding hydrogens is 132 g/mol. The second-order valence-corrected chi connectivity index (χ2v) is 3.03. The van der Waals surface area contributed by atoms with Gasteiger partial charge in [-0.25, -0.2) is 0 Å². The van der Waals surface area contributed by atoms with Gasteiger partial charge in [0.1, 0.15) is 0 Å². The average Bonchev–Trinajstić information content (AvgIpc) is 2.20. The molecule has 0 aromatic rings. The first-order chi connectivity index (χ1) is 4.71. The van der Waals surface area contributed by atoms with Crippen LogP contribution in [0.5, 0.6) is 0 Å². The van der Waals surface area contributed by atoms with Crippen molar-refractivity contribution in [3.8, 4) is 0 Å². The highest BCUT2D eigenvalue weighted by molar-refractivity contribution is 5.72. The lowest BCUT2D eigenvalue weighted by Gasteiger charge is -2.20. The Hall–Kier alpha value is -0.570. The second-order valence-electron chi connectivity index (χ2n) is 3.03. The van der Waals surface area contributed by atoms with Crippen LogP contribution < -0.4 is 0 Å². The summed E-state index contributed by atoms with van der Waals surface area (Å²) in [6.07, 6.45) is 1.50. The number of hydrogen-bond donors (Lipinski definition) is 0. The van der Waals surface area contributed by atoms with Crippen molar-refractivity contribution >= 4 is 5.97 Å². The highest BCUT2D eigenvalue weighted by Crippen LogP contribution is 2.40. The molecule has 56 valence electrons. The predicted molar refractivity (Wildman–Crippen MR) is 33.2 cm³/mol. The zero-order valence-corrected chi connectivity index (χ0v) is 5.92. The lowest BCUT2D eigenvalue weighted by Crippen LogP contribution is -2.28. The van der Waals surface area contributed by atoms with E-state index in [9.17, 15) is 4.79 Å². The molecule has 2 saturated heterocycles. The van der Waals surface area contributed by atoms with Crippen LogP contribution in [0.2, 0.25) is 0 Å². The van der Waals surface area contributed by atoms with Crippen LogP contribution in [0.4, 0.5) is 0 Å². The summed E-state index contributed by atoms with van der Waals surface area (Å²) in [7, 11) is 0. The predicted octanol–water partition coefficient (Wildman–Crippen LogP) is 0.686. The number of fused-ring (bicyclic) bond motifs is 1. The Morgan fingerprint density at radius 1 is 1.70 bits per heavy atom. The number of carbonyl (C=O) groups excluding carboxylic acids is 1. The molecule has 3 heteroatoms. The molecule has 0 unspecified atom stereocenters. The molecule has 0 amide bonds. The molecule has 2 rings (SSSR count). The van der Waals surface area contributed by atoms with Crippen molar-refractivity contribution in [3.63, 3.8) is 0 Å². The monoisotopic (exact) mass is 142 g/mol. The first kappa shape index (κ1) is 6.16. The van der Waals surface area contributed by atoms with E-state index in [-0.39, 0.29) is 5.97 Å². The average molecular weight is 142 g/mol. The maximum Gasteiger partial charge on any atom is 0.308 e. The Labute approximate surface area is 59.3 Å². The highest BCUT2D eigenvalue weighted by Gasteiger charge is 2.50. The second kappa shape index (κ2) is 1.72. The molecule has 0 aromatic carbocycles. The third-order valence-corrected chi connectivity index (χ3v) is 2.33. The number of ether oxygens (including phenoxy) is 2. The van der Waals surface area contributed by atoms with E-state index >= 15 is 0 Å². The molecule has 2 heterocycles. The molecule has 0 saturated carbocycles. The van der Waals surface area contributed by atoms with Crippen molar-refractivity contribution in [2.24, 2.45) is 5.92 Å². The zero-order valence-electron chi connectivity index (χ0n) is 5.92. The zero-order chi connectivity index (χ0) is 7.19. The summed E-state index contributed by atoms with van der Waals surface area (Å²) in [5.74, 6) is -0.385. The van der Waals surface area contributed by atoms with Crippen molar-refractivity contribution in [2.45, 2.75) is 25.6 Å². The van der Waals surface area contributed by atoms with Gasteiger partial charge in [-0.3, -0.25) is 4.79 Å². The minimum Gasteiger partial charge on any atom is -0.433 e. The Morgan fingerprint density at radius 2 is 2.50 bits per heavy atom. The maximum absolute atomic E-state index is 10.8. The third-order valence-electron chi connectivity index (χ3n) is 2.33. The van der Waals surface area contributed by atoms with Crippen molar-refractivity contribution in [3.05, 3.63) is 0 Å². The summed E-state index contributed by atoms with van der Waals surface area (Å²) in [5, 5.41) is 0. The molecule has 0 spiro atoms. The van der Waals surface area contributed by atoms with Gasteiger partial charge in [0.15, 0.2) is 0 Å². The fourth-order valence-corrected chi connectivity index (χ4v) is 1.65. The van der Waals surface area contributed by atoms with Gasteiger partial charge in [-0.15, -0.1) is 0 Å². The Morgan fingerprint density at radius 3 is 3.20 bits per heavy atom. The molecule has 0 aromatic heterocycles. The van der Waals surface area contributed by atoms with Crippen LogP contribution in [0.3, 0.4) is 0 Å². The van der Waals surface area contributed by atoms with E-state index in [1.54, 1.807) is 0 Å². The third kappa shape index (κ3) is 0.669. The molecule has 2 fully saturated rings. The van der Waals surface area contributed by atoms with Crippen LogP contribution in [0.15, 0.2) is 0 Å². The van der Waals surface area contributed by atoms with Gasteiger partial charge in [-0.1, -0.05) is 0 Å².